The van der Waals surface area contributed by atoms with Gasteiger partial charge in [0.25, 0.3) is 11.5 Å². The molecule has 1 aliphatic heterocycles. The normalized spacial score (nSPS) is 13.7. The summed E-state index contributed by atoms with van der Waals surface area (Å²) < 4.78 is 1.71. The molecule has 0 aliphatic carbocycles. The molecule has 0 atom stereocenters. The number of aryl methyl sites for hydroxylation is 2. The SMILES string of the molecule is CCN(CC(=O)NC(C)(C)C)C(=O)c1sc2nc3n(c(=O)c2c1C)CCC3. The van der Waals surface area contributed by atoms with Crippen molar-refractivity contribution in [3.05, 3.63) is 26.6 Å². The number of amides is 2. The topological polar surface area (TPSA) is 84.3 Å². The van der Waals surface area contributed by atoms with Crippen LogP contribution in [-0.4, -0.2) is 44.9 Å². The number of thiophene rings is 1. The van der Waals surface area contributed by atoms with E-state index in [0.29, 0.717) is 33.7 Å². The van der Waals surface area contributed by atoms with Crippen molar-refractivity contribution in [2.75, 3.05) is 13.1 Å². The zero-order valence-electron chi connectivity index (χ0n) is 16.5. The van der Waals surface area contributed by atoms with E-state index in [1.807, 2.05) is 27.7 Å². The zero-order chi connectivity index (χ0) is 19.9. The van der Waals surface area contributed by atoms with Crippen LogP contribution in [0.25, 0.3) is 10.2 Å². The lowest BCUT2D eigenvalue weighted by atomic mass is 10.1. The van der Waals surface area contributed by atoms with Crippen molar-refractivity contribution < 1.29 is 9.59 Å². The second-order valence-corrected chi connectivity index (χ2v) is 8.94. The van der Waals surface area contributed by atoms with Gasteiger partial charge in [0.2, 0.25) is 5.91 Å². The van der Waals surface area contributed by atoms with E-state index < -0.39 is 0 Å². The summed E-state index contributed by atoms with van der Waals surface area (Å²) in [7, 11) is 0. The predicted octanol–water partition coefficient (Wildman–Crippen LogP) is 2.09. The first kappa shape index (κ1) is 19.5. The lowest BCUT2D eigenvalue weighted by molar-refractivity contribution is -0.123. The van der Waals surface area contributed by atoms with Crippen LogP contribution in [0.4, 0.5) is 0 Å². The summed E-state index contributed by atoms with van der Waals surface area (Å²) in [6, 6.07) is 0. The maximum atomic E-state index is 13.1. The Morgan fingerprint density at radius 2 is 2.04 bits per heavy atom. The summed E-state index contributed by atoms with van der Waals surface area (Å²) in [6.45, 7) is 10.4. The average Bonchev–Trinajstić information content (AvgIpc) is 3.15. The molecule has 27 heavy (non-hydrogen) atoms. The number of rotatable bonds is 4. The van der Waals surface area contributed by atoms with Crippen LogP contribution in [0, 0.1) is 6.92 Å². The quantitative estimate of drug-likeness (QED) is 0.866. The van der Waals surface area contributed by atoms with Gasteiger partial charge in [-0.3, -0.25) is 19.0 Å². The van der Waals surface area contributed by atoms with Crippen molar-refractivity contribution in [2.45, 2.75) is 59.5 Å². The molecule has 0 spiro atoms. The molecule has 0 bridgehead atoms. The van der Waals surface area contributed by atoms with Gasteiger partial charge >= 0.3 is 0 Å². The number of carbonyl (C=O) groups is 2. The first-order valence-electron chi connectivity index (χ1n) is 9.25. The third-order valence-corrected chi connectivity index (χ3v) is 5.80. The molecule has 0 radical (unpaired) electrons. The van der Waals surface area contributed by atoms with Crippen LogP contribution in [0.3, 0.4) is 0 Å². The average molecular weight is 391 g/mol. The van der Waals surface area contributed by atoms with Crippen LogP contribution >= 0.6 is 11.3 Å². The maximum absolute atomic E-state index is 13.1. The molecule has 0 unspecified atom stereocenters. The number of hydrogen-bond acceptors (Lipinski definition) is 5. The molecule has 2 amide bonds. The Labute approximate surface area is 162 Å². The Hall–Kier alpha value is -2.22. The highest BCUT2D eigenvalue weighted by Crippen LogP contribution is 2.29. The zero-order valence-corrected chi connectivity index (χ0v) is 17.3. The number of fused-ring (bicyclic) bond motifs is 2. The van der Waals surface area contributed by atoms with E-state index in [1.54, 1.807) is 11.5 Å². The minimum absolute atomic E-state index is 0.0107. The summed E-state index contributed by atoms with van der Waals surface area (Å²) >= 11 is 1.25. The predicted molar refractivity (Wildman–Crippen MR) is 106 cm³/mol. The van der Waals surface area contributed by atoms with Gasteiger partial charge < -0.3 is 10.2 Å². The van der Waals surface area contributed by atoms with Crippen LogP contribution in [-0.2, 0) is 17.8 Å². The standard InChI is InChI=1S/C19H26N4O3S/c1-6-22(10-13(24)21-19(3,4)5)18(26)15-11(2)14-16(27-15)20-12-8-7-9-23(12)17(14)25/h6-10H2,1-5H3,(H,21,24). The highest BCUT2D eigenvalue weighted by atomic mass is 32.1. The fourth-order valence-electron chi connectivity index (χ4n) is 3.38. The number of nitrogens with zero attached hydrogens (tertiary/aromatic N) is 3. The van der Waals surface area contributed by atoms with Crippen molar-refractivity contribution >= 4 is 33.4 Å². The maximum Gasteiger partial charge on any atom is 0.264 e. The second kappa shape index (κ2) is 7.07. The minimum atomic E-state index is -0.355. The van der Waals surface area contributed by atoms with E-state index >= 15 is 0 Å². The Kier molecular flexibility index (Phi) is 5.12. The number of hydrogen-bond donors (Lipinski definition) is 1. The van der Waals surface area contributed by atoms with Crippen molar-refractivity contribution in [1.82, 2.24) is 19.8 Å². The second-order valence-electron chi connectivity index (χ2n) is 7.94. The van der Waals surface area contributed by atoms with Gasteiger partial charge in [-0.2, -0.15) is 0 Å². The highest BCUT2D eigenvalue weighted by molar-refractivity contribution is 7.20. The fraction of sp³-hybridized carbons (Fsp3) is 0.579. The summed E-state index contributed by atoms with van der Waals surface area (Å²) in [6.07, 6.45) is 1.72. The first-order chi connectivity index (χ1) is 12.6. The largest absolute Gasteiger partial charge is 0.350 e. The van der Waals surface area contributed by atoms with E-state index in [4.69, 9.17) is 0 Å². The summed E-state index contributed by atoms with van der Waals surface area (Å²) in [5, 5.41) is 3.41. The smallest absolute Gasteiger partial charge is 0.264 e. The molecule has 8 heteroatoms. The van der Waals surface area contributed by atoms with Crippen LogP contribution in [0.1, 0.15) is 55.2 Å². The molecule has 0 saturated carbocycles. The number of likely N-dealkylation sites (N-methyl/N-ethyl adjacent to an activating group) is 1. The van der Waals surface area contributed by atoms with Crippen LogP contribution in [0.15, 0.2) is 4.79 Å². The molecule has 3 rings (SSSR count). The molecule has 3 heterocycles. The molecule has 0 aromatic carbocycles. The van der Waals surface area contributed by atoms with Gasteiger partial charge in [-0.05, 0) is 46.6 Å². The number of nitrogens with one attached hydrogen (secondary N) is 1. The molecule has 2 aromatic heterocycles. The molecule has 146 valence electrons. The molecule has 7 nitrogen and oxygen atoms in total. The lowest BCUT2D eigenvalue weighted by Gasteiger charge is -2.25. The van der Waals surface area contributed by atoms with Crippen molar-refractivity contribution in [3.8, 4) is 0 Å². The van der Waals surface area contributed by atoms with Crippen LogP contribution in [0.5, 0.6) is 0 Å². The lowest BCUT2D eigenvalue weighted by Crippen LogP contribution is -2.47. The summed E-state index contributed by atoms with van der Waals surface area (Å²) in [5.74, 6) is 0.366. The molecule has 1 N–H and O–H groups in total. The Morgan fingerprint density at radius 3 is 2.67 bits per heavy atom. The van der Waals surface area contributed by atoms with E-state index in [1.165, 1.54) is 16.2 Å². The molecule has 0 saturated heterocycles. The van der Waals surface area contributed by atoms with Crippen LogP contribution in [0.2, 0.25) is 0 Å². The molecule has 2 aromatic rings. The fourth-order valence-corrected chi connectivity index (χ4v) is 4.54. The third-order valence-electron chi connectivity index (χ3n) is 4.62. The van der Waals surface area contributed by atoms with Gasteiger partial charge in [-0.15, -0.1) is 11.3 Å². The minimum Gasteiger partial charge on any atom is -0.350 e. The molecular weight excluding hydrogens is 364 g/mol. The van der Waals surface area contributed by atoms with E-state index in [-0.39, 0.29) is 29.5 Å². The summed E-state index contributed by atoms with van der Waals surface area (Å²) in [5.41, 5.74) is 0.245. The van der Waals surface area contributed by atoms with Gasteiger partial charge in [-0.1, -0.05) is 0 Å². The van der Waals surface area contributed by atoms with Gasteiger partial charge in [0.1, 0.15) is 10.7 Å². The van der Waals surface area contributed by atoms with E-state index in [9.17, 15) is 14.4 Å². The van der Waals surface area contributed by atoms with Crippen molar-refractivity contribution in [1.29, 1.82) is 0 Å². The van der Waals surface area contributed by atoms with E-state index in [0.717, 1.165) is 18.7 Å². The monoisotopic (exact) mass is 390 g/mol. The number of carbonyl (C=O) groups excluding carboxylic acids is 2. The van der Waals surface area contributed by atoms with Gasteiger partial charge in [-0.25, -0.2) is 4.98 Å². The Balaban J connectivity index is 1.93. The summed E-state index contributed by atoms with van der Waals surface area (Å²) in [4.78, 5) is 45.3. The molecule has 1 aliphatic rings. The molecular formula is C19H26N4O3S. The number of aromatic nitrogens is 2. The van der Waals surface area contributed by atoms with Crippen molar-refractivity contribution in [2.24, 2.45) is 0 Å². The van der Waals surface area contributed by atoms with Crippen LogP contribution < -0.4 is 10.9 Å². The molecule has 0 fully saturated rings. The van der Waals surface area contributed by atoms with Gasteiger partial charge in [0, 0.05) is 25.0 Å². The van der Waals surface area contributed by atoms with Gasteiger partial charge in [0.05, 0.1) is 16.8 Å². The van der Waals surface area contributed by atoms with Crippen molar-refractivity contribution in [3.63, 3.8) is 0 Å². The highest BCUT2D eigenvalue weighted by Gasteiger charge is 2.27. The van der Waals surface area contributed by atoms with E-state index in [2.05, 4.69) is 10.3 Å². The van der Waals surface area contributed by atoms with Gasteiger partial charge in [0.15, 0.2) is 0 Å². The third kappa shape index (κ3) is 3.76. The Morgan fingerprint density at radius 1 is 1.33 bits per heavy atom. The first-order valence-corrected chi connectivity index (χ1v) is 10.1. The Bertz CT molecular complexity index is 968.